The van der Waals surface area contributed by atoms with Crippen molar-refractivity contribution in [1.82, 2.24) is 20.0 Å². The van der Waals surface area contributed by atoms with Crippen LogP contribution in [0, 0.1) is 19.8 Å². The standard InChI is InChI=1S/C19H33N5O2/c1-5-20-19(21-10-7-11-24-16(4)14-15(3)22-24)23-12-8-17(9-13-23)18(25)26-6-2/h14,17H,5-13H2,1-4H3,(H,20,21). The van der Waals surface area contributed by atoms with Crippen molar-refractivity contribution in [3.8, 4) is 0 Å². The first-order valence-electron chi connectivity index (χ1n) is 9.76. The van der Waals surface area contributed by atoms with E-state index in [1.807, 2.05) is 18.5 Å². The lowest BCUT2D eigenvalue weighted by atomic mass is 9.97. The minimum Gasteiger partial charge on any atom is -0.466 e. The van der Waals surface area contributed by atoms with Crippen molar-refractivity contribution in [1.29, 1.82) is 0 Å². The Bertz CT molecular complexity index is 603. The fourth-order valence-electron chi connectivity index (χ4n) is 3.32. The first kappa shape index (κ1) is 20.3. The minimum absolute atomic E-state index is 0.0279. The highest BCUT2D eigenvalue weighted by atomic mass is 16.5. The lowest BCUT2D eigenvalue weighted by Gasteiger charge is -2.33. The molecule has 1 aliphatic rings. The zero-order valence-corrected chi connectivity index (χ0v) is 16.6. The third-order valence-corrected chi connectivity index (χ3v) is 4.64. The fraction of sp³-hybridized carbons (Fsp3) is 0.737. The number of rotatable bonds is 7. The van der Waals surface area contributed by atoms with Gasteiger partial charge < -0.3 is 15.0 Å². The number of nitrogens with one attached hydrogen (secondary N) is 1. The lowest BCUT2D eigenvalue weighted by molar-refractivity contribution is -0.149. The molecule has 1 aromatic heterocycles. The number of aromatic nitrogens is 2. The number of hydrogen-bond donors (Lipinski definition) is 1. The number of piperidine rings is 1. The number of guanidine groups is 1. The van der Waals surface area contributed by atoms with E-state index in [1.165, 1.54) is 5.69 Å². The van der Waals surface area contributed by atoms with Crippen molar-refractivity contribution in [3.63, 3.8) is 0 Å². The van der Waals surface area contributed by atoms with Gasteiger partial charge in [-0.05, 0) is 53.0 Å². The molecular weight excluding hydrogens is 330 g/mol. The molecule has 26 heavy (non-hydrogen) atoms. The molecule has 7 heteroatoms. The lowest BCUT2D eigenvalue weighted by Crippen LogP contribution is -2.46. The highest BCUT2D eigenvalue weighted by molar-refractivity contribution is 5.80. The second-order valence-corrected chi connectivity index (χ2v) is 6.75. The number of esters is 1. The molecule has 0 bridgehead atoms. The number of likely N-dealkylation sites (tertiary alicyclic amines) is 1. The van der Waals surface area contributed by atoms with Crippen LogP contribution in [-0.4, -0.2) is 59.4 Å². The third kappa shape index (κ3) is 5.75. The van der Waals surface area contributed by atoms with Crippen LogP contribution in [0.5, 0.6) is 0 Å². The van der Waals surface area contributed by atoms with Crippen molar-refractivity contribution in [2.75, 3.05) is 32.8 Å². The Morgan fingerprint density at radius 3 is 2.65 bits per heavy atom. The second-order valence-electron chi connectivity index (χ2n) is 6.75. The number of nitrogens with zero attached hydrogens (tertiary/aromatic N) is 4. The maximum Gasteiger partial charge on any atom is 0.309 e. The van der Waals surface area contributed by atoms with E-state index in [0.29, 0.717) is 6.61 Å². The molecule has 1 N–H and O–H groups in total. The van der Waals surface area contributed by atoms with Crippen molar-refractivity contribution in [2.24, 2.45) is 10.9 Å². The van der Waals surface area contributed by atoms with Gasteiger partial charge in [-0.15, -0.1) is 0 Å². The monoisotopic (exact) mass is 363 g/mol. The van der Waals surface area contributed by atoms with Gasteiger partial charge in [0.15, 0.2) is 5.96 Å². The smallest absolute Gasteiger partial charge is 0.309 e. The summed E-state index contributed by atoms with van der Waals surface area (Å²) in [6, 6.07) is 2.10. The molecule has 0 unspecified atom stereocenters. The zero-order valence-electron chi connectivity index (χ0n) is 16.6. The summed E-state index contributed by atoms with van der Waals surface area (Å²) in [5.41, 5.74) is 2.25. The molecular formula is C19H33N5O2. The number of carbonyl (C=O) groups excluding carboxylic acids is 1. The van der Waals surface area contributed by atoms with Gasteiger partial charge in [0, 0.05) is 38.4 Å². The number of hydrogen-bond acceptors (Lipinski definition) is 4. The first-order valence-corrected chi connectivity index (χ1v) is 9.76. The number of aliphatic imine (C=N–C) groups is 1. The largest absolute Gasteiger partial charge is 0.466 e. The van der Waals surface area contributed by atoms with E-state index in [1.54, 1.807) is 0 Å². The number of carbonyl (C=O) groups is 1. The van der Waals surface area contributed by atoms with Gasteiger partial charge in [-0.25, -0.2) is 0 Å². The molecule has 2 rings (SSSR count). The molecule has 0 amide bonds. The van der Waals surface area contributed by atoms with Gasteiger partial charge >= 0.3 is 5.97 Å². The fourth-order valence-corrected chi connectivity index (χ4v) is 3.32. The topological polar surface area (TPSA) is 71.8 Å². The van der Waals surface area contributed by atoms with Crippen molar-refractivity contribution >= 4 is 11.9 Å². The summed E-state index contributed by atoms with van der Waals surface area (Å²) >= 11 is 0. The van der Waals surface area contributed by atoms with Gasteiger partial charge in [0.1, 0.15) is 0 Å². The maximum absolute atomic E-state index is 11.9. The molecule has 0 atom stereocenters. The predicted molar refractivity (Wildman–Crippen MR) is 103 cm³/mol. The van der Waals surface area contributed by atoms with E-state index in [4.69, 9.17) is 9.73 Å². The average molecular weight is 364 g/mol. The molecule has 1 aromatic rings. The molecule has 0 aliphatic carbocycles. The summed E-state index contributed by atoms with van der Waals surface area (Å²) in [7, 11) is 0. The van der Waals surface area contributed by atoms with Gasteiger partial charge in [0.2, 0.25) is 0 Å². The Balaban J connectivity index is 1.83. The van der Waals surface area contributed by atoms with E-state index in [9.17, 15) is 4.79 Å². The molecule has 0 saturated carbocycles. The normalized spacial score (nSPS) is 16.0. The van der Waals surface area contributed by atoms with Crippen molar-refractivity contribution < 1.29 is 9.53 Å². The number of ether oxygens (including phenoxy) is 1. The van der Waals surface area contributed by atoms with Crippen LogP contribution in [0.4, 0.5) is 0 Å². The Morgan fingerprint density at radius 2 is 2.08 bits per heavy atom. The van der Waals surface area contributed by atoms with Crippen molar-refractivity contribution in [2.45, 2.75) is 53.5 Å². The van der Waals surface area contributed by atoms with E-state index < -0.39 is 0 Å². The Hall–Kier alpha value is -2.05. The zero-order chi connectivity index (χ0) is 18.9. The van der Waals surface area contributed by atoms with Crippen LogP contribution in [0.1, 0.15) is 44.5 Å². The molecule has 0 aromatic carbocycles. The molecule has 7 nitrogen and oxygen atoms in total. The molecule has 2 heterocycles. The van der Waals surface area contributed by atoms with Gasteiger partial charge in [-0.1, -0.05) is 0 Å². The Morgan fingerprint density at radius 1 is 1.35 bits per heavy atom. The molecule has 0 radical (unpaired) electrons. The predicted octanol–water partition coefficient (Wildman–Crippen LogP) is 2.13. The van der Waals surface area contributed by atoms with Crippen LogP contribution in [-0.2, 0) is 16.1 Å². The van der Waals surface area contributed by atoms with E-state index in [0.717, 1.165) is 63.6 Å². The van der Waals surface area contributed by atoms with Gasteiger partial charge in [-0.3, -0.25) is 14.5 Å². The minimum atomic E-state index is -0.0565. The molecule has 0 spiro atoms. The van der Waals surface area contributed by atoms with Crippen LogP contribution < -0.4 is 5.32 Å². The van der Waals surface area contributed by atoms with E-state index in [2.05, 4.69) is 35.2 Å². The Labute approximate surface area is 156 Å². The van der Waals surface area contributed by atoms with Crippen LogP contribution in [0.25, 0.3) is 0 Å². The number of aryl methyl sites for hydroxylation is 3. The summed E-state index contributed by atoms with van der Waals surface area (Å²) in [6.45, 7) is 12.7. The SMILES string of the molecule is CCNC(=NCCCn1nc(C)cc1C)N1CCC(C(=O)OCC)CC1. The van der Waals surface area contributed by atoms with Crippen LogP contribution >= 0.6 is 0 Å². The third-order valence-electron chi connectivity index (χ3n) is 4.64. The average Bonchev–Trinajstić information content (AvgIpc) is 2.95. The summed E-state index contributed by atoms with van der Waals surface area (Å²) in [5, 5.41) is 7.86. The van der Waals surface area contributed by atoms with Crippen molar-refractivity contribution in [3.05, 3.63) is 17.5 Å². The molecule has 1 fully saturated rings. The quantitative estimate of drug-likeness (QED) is 0.348. The van der Waals surface area contributed by atoms with Gasteiger partial charge in [0.25, 0.3) is 0 Å². The highest BCUT2D eigenvalue weighted by Crippen LogP contribution is 2.18. The van der Waals surface area contributed by atoms with Crippen LogP contribution in [0.15, 0.2) is 11.1 Å². The van der Waals surface area contributed by atoms with Crippen LogP contribution in [0.3, 0.4) is 0 Å². The summed E-state index contributed by atoms with van der Waals surface area (Å²) in [6.07, 6.45) is 2.61. The molecule has 1 aliphatic heterocycles. The van der Waals surface area contributed by atoms with E-state index >= 15 is 0 Å². The van der Waals surface area contributed by atoms with E-state index in [-0.39, 0.29) is 11.9 Å². The highest BCUT2D eigenvalue weighted by Gasteiger charge is 2.27. The summed E-state index contributed by atoms with van der Waals surface area (Å²) < 4.78 is 7.19. The Kier molecular flexibility index (Phi) is 7.94. The van der Waals surface area contributed by atoms with Gasteiger partial charge in [0.05, 0.1) is 18.2 Å². The molecule has 146 valence electrons. The first-order chi connectivity index (χ1) is 12.5. The second kappa shape index (κ2) is 10.2. The summed E-state index contributed by atoms with van der Waals surface area (Å²) in [5.74, 6) is 0.919. The van der Waals surface area contributed by atoms with Gasteiger partial charge in [-0.2, -0.15) is 5.10 Å². The maximum atomic E-state index is 11.9. The molecule has 1 saturated heterocycles. The van der Waals surface area contributed by atoms with Crippen LogP contribution in [0.2, 0.25) is 0 Å². The summed E-state index contributed by atoms with van der Waals surface area (Å²) in [4.78, 5) is 18.9.